The van der Waals surface area contributed by atoms with Crippen LogP contribution >= 0.6 is 0 Å². The van der Waals surface area contributed by atoms with E-state index in [1.807, 2.05) is 0 Å². The van der Waals surface area contributed by atoms with Gasteiger partial charge in [-0.25, -0.2) is 4.39 Å². The Morgan fingerprint density at radius 2 is 1.75 bits per heavy atom. The summed E-state index contributed by atoms with van der Waals surface area (Å²) >= 11 is 0. The fourth-order valence-corrected chi connectivity index (χ4v) is 2.68. The number of amides is 2. The quantitative estimate of drug-likeness (QED) is 0.606. The molecule has 0 aliphatic heterocycles. The SMILES string of the molecule is NC(=O)C(=O)C(Cc1ccccc1)NC(=O)c1conc1-c1ccc(F)cc1. The molecular formula is C20H16FN3O4. The Balaban J connectivity index is 1.84. The third kappa shape index (κ3) is 4.29. The Labute approximate surface area is 159 Å². The zero-order valence-electron chi connectivity index (χ0n) is 14.6. The number of nitrogens with one attached hydrogen (secondary N) is 1. The van der Waals surface area contributed by atoms with Crippen molar-refractivity contribution < 1.29 is 23.3 Å². The number of carbonyl (C=O) groups excluding carboxylic acids is 3. The third-order valence-electron chi connectivity index (χ3n) is 4.08. The third-order valence-corrected chi connectivity index (χ3v) is 4.08. The zero-order chi connectivity index (χ0) is 20.1. The molecule has 142 valence electrons. The molecule has 0 aliphatic carbocycles. The molecule has 7 nitrogen and oxygen atoms in total. The van der Waals surface area contributed by atoms with Gasteiger partial charge in [0.05, 0.1) is 0 Å². The summed E-state index contributed by atoms with van der Waals surface area (Å²) < 4.78 is 18.0. The van der Waals surface area contributed by atoms with Crippen molar-refractivity contribution in [1.82, 2.24) is 10.5 Å². The highest BCUT2D eigenvalue weighted by Gasteiger charge is 2.27. The van der Waals surface area contributed by atoms with Crippen molar-refractivity contribution in [2.45, 2.75) is 12.5 Å². The molecule has 0 radical (unpaired) electrons. The van der Waals surface area contributed by atoms with E-state index in [2.05, 4.69) is 10.5 Å². The average Bonchev–Trinajstić information content (AvgIpc) is 3.18. The summed E-state index contributed by atoms with van der Waals surface area (Å²) in [5.74, 6) is -3.17. The molecule has 3 N–H and O–H groups in total. The van der Waals surface area contributed by atoms with Crippen LogP contribution in [-0.2, 0) is 16.0 Å². The van der Waals surface area contributed by atoms with Crippen molar-refractivity contribution in [3.8, 4) is 11.3 Å². The number of hydrogen-bond acceptors (Lipinski definition) is 5. The maximum absolute atomic E-state index is 13.1. The lowest BCUT2D eigenvalue weighted by molar-refractivity contribution is -0.137. The van der Waals surface area contributed by atoms with Gasteiger partial charge in [-0.2, -0.15) is 0 Å². The highest BCUT2D eigenvalue weighted by molar-refractivity contribution is 6.38. The Bertz CT molecular complexity index is 1000. The molecule has 8 heteroatoms. The maximum atomic E-state index is 13.1. The molecule has 3 aromatic rings. The monoisotopic (exact) mass is 381 g/mol. The van der Waals surface area contributed by atoms with E-state index in [9.17, 15) is 18.8 Å². The number of Topliss-reactive ketones (excluding diaryl/α,β-unsaturated/α-hetero) is 1. The first-order valence-corrected chi connectivity index (χ1v) is 8.34. The number of carbonyl (C=O) groups is 3. The highest BCUT2D eigenvalue weighted by Crippen LogP contribution is 2.22. The fraction of sp³-hybridized carbons (Fsp3) is 0.100. The second-order valence-corrected chi connectivity index (χ2v) is 6.03. The van der Waals surface area contributed by atoms with E-state index in [-0.39, 0.29) is 17.7 Å². The van der Waals surface area contributed by atoms with Crippen molar-refractivity contribution in [3.05, 3.63) is 77.8 Å². The van der Waals surface area contributed by atoms with Gasteiger partial charge < -0.3 is 15.6 Å². The van der Waals surface area contributed by atoms with E-state index in [1.165, 1.54) is 24.3 Å². The normalized spacial score (nSPS) is 11.6. The maximum Gasteiger partial charge on any atom is 0.287 e. The van der Waals surface area contributed by atoms with Crippen LogP contribution in [0.3, 0.4) is 0 Å². The van der Waals surface area contributed by atoms with Gasteiger partial charge in [-0.3, -0.25) is 14.4 Å². The van der Waals surface area contributed by atoms with Crippen molar-refractivity contribution >= 4 is 17.6 Å². The zero-order valence-corrected chi connectivity index (χ0v) is 14.6. The minimum absolute atomic E-state index is 0.0435. The molecule has 3 rings (SSSR count). The molecule has 28 heavy (non-hydrogen) atoms. The summed E-state index contributed by atoms with van der Waals surface area (Å²) in [4.78, 5) is 36.3. The Morgan fingerprint density at radius 3 is 2.39 bits per heavy atom. The van der Waals surface area contributed by atoms with E-state index in [0.717, 1.165) is 11.8 Å². The molecule has 1 heterocycles. The van der Waals surface area contributed by atoms with Crippen LogP contribution in [0.25, 0.3) is 11.3 Å². The van der Waals surface area contributed by atoms with Crippen molar-refractivity contribution in [3.63, 3.8) is 0 Å². The van der Waals surface area contributed by atoms with Crippen molar-refractivity contribution in [2.75, 3.05) is 0 Å². The molecule has 2 aromatic carbocycles. The fourth-order valence-electron chi connectivity index (χ4n) is 2.68. The number of rotatable bonds is 7. The number of hydrogen-bond donors (Lipinski definition) is 2. The molecule has 0 saturated carbocycles. The molecule has 1 aromatic heterocycles. The van der Waals surface area contributed by atoms with Gasteiger partial charge >= 0.3 is 0 Å². The van der Waals surface area contributed by atoms with E-state index in [1.54, 1.807) is 30.3 Å². The van der Waals surface area contributed by atoms with E-state index in [0.29, 0.717) is 5.56 Å². The summed E-state index contributed by atoms with van der Waals surface area (Å²) in [5.41, 5.74) is 6.54. The molecule has 0 aliphatic rings. The Kier molecular flexibility index (Phi) is 5.59. The molecule has 0 bridgehead atoms. The second kappa shape index (κ2) is 8.26. The van der Waals surface area contributed by atoms with E-state index < -0.39 is 29.5 Å². The van der Waals surface area contributed by atoms with E-state index >= 15 is 0 Å². The molecule has 0 spiro atoms. The van der Waals surface area contributed by atoms with Crippen LogP contribution in [0.5, 0.6) is 0 Å². The summed E-state index contributed by atoms with van der Waals surface area (Å²) in [5, 5.41) is 6.28. The lowest BCUT2D eigenvalue weighted by atomic mass is 10.0. The van der Waals surface area contributed by atoms with Crippen molar-refractivity contribution in [1.29, 1.82) is 0 Å². The number of aromatic nitrogens is 1. The first kappa shape index (κ1) is 19.0. The van der Waals surface area contributed by atoms with Gasteiger partial charge in [0.25, 0.3) is 11.8 Å². The largest absolute Gasteiger partial charge is 0.363 e. The number of nitrogens with two attached hydrogens (primary N) is 1. The number of benzene rings is 2. The molecule has 1 atom stereocenters. The van der Waals surface area contributed by atoms with Gasteiger partial charge in [-0.1, -0.05) is 35.5 Å². The van der Waals surface area contributed by atoms with E-state index in [4.69, 9.17) is 10.3 Å². The minimum Gasteiger partial charge on any atom is -0.363 e. The predicted molar refractivity (Wildman–Crippen MR) is 97.5 cm³/mol. The highest BCUT2D eigenvalue weighted by atomic mass is 19.1. The lowest BCUT2D eigenvalue weighted by Crippen LogP contribution is -2.47. The van der Waals surface area contributed by atoms with Crippen LogP contribution in [0.4, 0.5) is 4.39 Å². The average molecular weight is 381 g/mol. The number of halogens is 1. The van der Waals surface area contributed by atoms with Crippen LogP contribution in [0, 0.1) is 5.82 Å². The van der Waals surface area contributed by atoms with Gasteiger partial charge in [0.1, 0.15) is 29.4 Å². The van der Waals surface area contributed by atoms with Crippen LogP contribution in [0.2, 0.25) is 0 Å². The van der Waals surface area contributed by atoms with Crippen LogP contribution in [0.1, 0.15) is 15.9 Å². The first-order valence-electron chi connectivity index (χ1n) is 8.34. The Hall–Kier alpha value is -3.81. The minimum atomic E-state index is -1.15. The molecule has 1 unspecified atom stereocenters. The van der Waals surface area contributed by atoms with Crippen LogP contribution < -0.4 is 11.1 Å². The van der Waals surface area contributed by atoms with Gasteiger partial charge in [-0.05, 0) is 29.8 Å². The molecule has 2 amide bonds. The number of ketones is 1. The van der Waals surface area contributed by atoms with Crippen molar-refractivity contribution in [2.24, 2.45) is 5.73 Å². The Morgan fingerprint density at radius 1 is 1.07 bits per heavy atom. The molecular weight excluding hydrogens is 365 g/mol. The summed E-state index contributed by atoms with van der Waals surface area (Å²) in [6, 6.07) is 13.1. The van der Waals surface area contributed by atoms with Crippen LogP contribution in [0.15, 0.2) is 65.4 Å². The summed E-state index contributed by atoms with van der Waals surface area (Å²) in [6.45, 7) is 0. The second-order valence-electron chi connectivity index (χ2n) is 6.03. The predicted octanol–water partition coefficient (Wildman–Crippen LogP) is 1.88. The van der Waals surface area contributed by atoms with Gasteiger partial charge in [0.2, 0.25) is 5.78 Å². The lowest BCUT2D eigenvalue weighted by Gasteiger charge is -2.16. The van der Waals surface area contributed by atoms with Gasteiger partial charge in [0.15, 0.2) is 0 Å². The van der Waals surface area contributed by atoms with Gasteiger partial charge in [0, 0.05) is 12.0 Å². The molecule has 0 fully saturated rings. The van der Waals surface area contributed by atoms with Crippen LogP contribution in [-0.4, -0.2) is 28.8 Å². The number of nitrogens with zero attached hydrogens (tertiary/aromatic N) is 1. The smallest absolute Gasteiger partial charge is 0.287 e. The molecule has 0 saturated heterocycles. The summed E-state index contributed by atoms with van der Waals surface area (Å²) in [6.07, 6.45) is 1.20. The van der Waals surface area contributed by atoms with Gasteiger partial charge in [-0.15, -0.1) is 0 Å². The topological polar surface area (TPSA) is 115 Å². The summed E-state index contributed by atoms with van der Waals surface area (Å²) in [7, 11) is 0. The number of primary amides is 1. The first-order chi connectivity index (χ1) is 13.5. The standard InChI is InChI=1S/C20H16FN3O4/c21-14-8-6-13(7-9-14)17-15(11-28-24-17)20(27)23-16(18(25)19(22)26)10-12-4-2-1-3-5-12/h1-9,11,16H,10H2,(H2,22,26)(H,23,27).